The van der Waals surface area contributed by atoms with Crippen molar-refractivity contribution in [1.29, 1.82) is 0 Å². The maximum Gasteiger partial charge on any atom is 0.0704 e. The summed E-state index contributed by atoms with van der Waals surface area (Å²) < 4.78 is 1.30. The van der Waals surface area contributed by atoms with Gasteiger partial charge in [0.05, 0.1) is 3.79 Å². The van der Waals surface area contributed by atoms with Crippen LogP contribution in [0.15, 0.2) is 9.85 Å². The zero-order chi connectivity index (χ0) is 13.5. The summed E-state index contributed by atoms with van der Waals surface area (Å²) in [6.07, 6.45) is 12.2. The quantitative estimate of drug-likeness (QED) is 0.584. The van der Waals surface area contributed by atoms with Crippen LogP contribution in [0.2, 0.25) is 0 Å². The van der Waals surface area contributed by atoms with Crippen LogP contribution in [0.1, 0.15) is 74.8 Å². The SMILES string of the molecule is CCCCCCCCNC1CCCc2sc(Br)cc21. The molecule has 1 aromatic heterocycles. The lowest BCUT2D eigenvalue weighted by Crippen LogP contribution is -2.25. The van der Waals surface area contributed by atoms with Crippen molar-refractivity contribution >= 4 is 27.3 Å². The molecule has 0 saturated carbocycles. The first-order chi connectivity index (χ1) is 9.31. The summed E-state index contributed by atoms with van der Waals surface area (Å²) in [5.41, 5.74) is 1.56. The summed E-state index contributed by atoms with van der Waals surface area (Å²) in [5.74, 6) is 0. The fourth-order valence-electron chi connectivity index (χ4n) is 2.92. The van der Waals surface area contributed by atoms with Gasteiger partial charge in [0, 0.05) is 10.9 Å². The Bertz CT molecular complexity index is 375. The fraction of sp³-hybridized carbons (Fsp3) is 0.750. The third-order valence-corrected chi connectivity index (χ3v) is 5.72. The second-order valence-electron chi connectivity index (χ2n) is 5.60. The molecule has 1 heterocycles. The molecule has 0 aliphatic heterocycles. The molecule has 0 radical (unpaired) electrons. The van der Waals surface area contributed by atoms with E-state index in [9.17, 15) is 0 Å². The summed E-state index contributed by atoms with van der Waals surface area (Å²) in [6, 6.07) is 2.94. The zero-order valence-electron chi connectivity index (χ0n) is 12.0. The minimum atomic E-state index is 0.613. The normalized spacial score (nSPS) is 18.5. The highest BCUT2D eigenvalue weighted by Gasteiger charge is 2.21. The molecular weight excluding hydrogens is 318 g/mol. The van der Waals surface area contributed by atoms with Gasteiger partial charge in [-0.25, -0.2) is 0 Å². The van der Waals surface area contributed by atoms with Crippen molar-refractivity contribution in [1.82, 2.24) is 5.32 Å². The van der Waals surface area contributed by atoms with Gasteiger partial charge in [0.1, 0.15) is 0 Å². The van der Waals surface area contributed by atoms with E-state index in [4.69, 9.17) is 0 Å². The predicted octanol–water partition coefficient (Wildman–Crippen LogP) is 5.84. The molecule has 1 unspecified atom stereocenters. The molecular formula is C16H26BrNS. The van der Waals surface area contributed by atoms with Crippen LogP contribution in [0.5, 0.6) is 0 Å². The molecule has 3 heteroatoms. The minimum Gasteiger partial charge on any atom is -0.310 e. The van der Waals surface area contributed by atoms with Gasteiger partial charge in [0.15, 0.2) is 0 Å². The highest BCUT2D eigenvalue weighted by molar-refractivity contribution is 9.11. The Labute approximate surface area is 130 Å². The second kappa shape index (κ2) is 8.43. The molecule has 1 aliphatic carbocycles. The van der Waals surface area contributed by atoms with Gasteiger partial charge >= 0.3 is 0 Å². The van der Waals surface area contributed by atoms with E-state index in [0.29, 0.717) is 6.04 Å². The molecule has 0 amide bonds. The van der Waals surface area contributed by atoms with Crippen LogP contribution >= 0.6 is 27.3 Å². The Kier molecular flexibility index (Phi) is 6.89. The Morgan fingerprint density at radius 1 is 1.26 bits per heavy atom. The largest absolute Gasteiger partial charge is 0.310 e. The van der Waals surface area contributed by atoms with Crippen LogP contribution in [0, 0.1) is 0 Å². The van der Waals surface area contributed by atoms with E-state index in [1.165, 1.54) is 68.1 Å². The van der Waals surface area contributed by atoms with Gasteiger partial charge in [-0.05, 0) is 59.8 Å². The molecule has 1 nitrogen and oxygen atoms in total. The maximum atomic E-state index is 3.77. The number of hydrogen-bond acceptors (Lipinski definition) is 2. The van der Waals surface area contributed by atoms with E-state index in [0.717, 1.165) is 0 Å². The molecule has 0 fully saturated rings. The van der Waals surface area contributed by atoms with E-state index >= 15 is 0 Å². The van der Waals surface area contributed by atoms with Gasteiger partial charge in [-0.2, -0.15) is 0 Å². The summed E-state index contributed by atoms with van der Waals surface area (Å²) in [5, 5.41) is 3.77. The molecule has 1 atom stereocenters. The van der Waals surface area contributed by atoms with E-state index in [-0.39, 0.29) is 0 Å². The molecule has 0 saturated heterocycles. The molecule has 0 aromatic carbocycles. The standard InChI is InChI=1S/C16H26BrNS/c1-2-3-4-5-6-7-11-18-14-9-8-10-15-13(14)12-16(17)19-15/h12,14,18H,2-11H2,1H3. The molecule has 1 aliphatic rings. The zero-order valence-corrected chi connectivity index (χ0v) is 14.4. The number of rotatable bonds is 8. The first-order valence-corrected chi connectivity index (χ1v) is 9.43. The van der Waals surface area contributed by atoms with Crippen molar-refractivity contribution in [3.63, 3.8) is 0 Å². The van der Waals surface area contributed by atoms with E-state index in [2.05, 4.69) is 34.2 Å². The van der Waals surface area contributed by atoms with E-state index < -0.39 is 0 Å². The number of unbranched alkanes of at least 4 members (excludes halogenated alkanes) is 5. The Morgan fingerprint density at radius 2 is 2.05 bits per heavy atom. The Balaban J connectivity index is 1.67. The van der Waals surface area contributed by atoms with Gasteiger partial charge in [-0.3, -0.25) is 0 Å². The summed E-state index contributed by atoms with van der Waals surface area (Å²) in [6.45, 7) is 3.46. The van der Waals surface area contributed by atoms with Gasteiger partial charge in [-0.15, -0.1) is 11.3 Å². The molecule has 1 aromatic rings. The van der Waals surface area contributed by atoms with Gasteiger partial charge in [0.25, 0.3) is 0 Å². The van der Waals surface area contributed by atoms with Crippen LogP contribution < -0.4 is 5.32 Å². The molecule has 2 rings (SSSR count). The fourth-order valence-corrected chi connectivity index (χ4v) is 4.73. The maximum absolute atomic E-state index is 3.77. The highest BCUT2D eigenvalue weighted by Crippen LogP contribution is 2.37. The summed E-state index contributed by atoms with van der Waals surface area (Å²) in [7, 11) is 0. The van der Waals surface area contributed by atoms with Crippen LogP contribution in [-0.4, -0.2) is 6.54 Å². The smallest absolute Gasteiger partial charge is 0.0704 e. The highest BCUT2D eigenvalue weighted by atomic mass is 79.9. The summed E-state index contributed by atoms with van der Waals surface area (Å²) in [4.78, 5) is 1.60. The second-order valence-corrected chi connectivity index (χ2v) is 8.11. The third-order valence-electron chi connectivity index (χ3n) is 4.00. The molecule has 0 spiro atoms. The number of halogens is 1. The van der Waals surface area contributed by atoms with Crippen molar-refractivity contribution in [2.45, 2.75) is 70.8 Å². The Hall–Kier alpha value is 0.140. The monoisotopic (exact) mass is 343 g/mol. The third kappa shape index (κ3) is 4.87. The number of hydrogen-bond donors (Lipinski definition) is 1. The van der Waals surface area contributed by atoms with Crippen LogP contribution in [0.25, 0.3) is 0 Å². The van der Waals surface area contributed by atoms with Crippen molar-refractivity contribution in [3.05, 3.63) is 20.3 Å². The van der Waals surface area contributed by atoms with Crippen LogP contribution in [-0.2, 0) is 6.42 Å². The van der Waals surface area contributed by atoms with Crippen molar-refractivity contribution in [2.75, 3.05) is 6.54 Å². The average molecular weight is 344 g/mol. The molecule has 19 heavy (non-hydrogen) atoms. The van der Waals surface area contributed by atoms with Crippen LogP contribution in [0.4, 0.5) is 0 Å². The van der Waals surface area contributed by atoms with Crippen molar-refractivity contribution < 1.29 is 0 Å². The molecule has 0 bridgehead atoms. The molecule has 1 N–H and O–H groups in total. The van der Waals surface area contributed by atoms with Crippen molar-refractivity contribution in [3.8, 4) is 0 Å². The number of nitrogens with one attached hydrogen (secondary N) is 1. The first-order valence-electron chi connectivity index (χ1n) is 7.82. The predicted molar refractivity (Wildman–Crippen MR) is 89.1 cm³/mol. The topological polar surface area (TPSA) is 12.0 Å². The Morgan fingerprint density at radius 3 is 2.89 bits per heavy atom. The van der Waals surface area contributed by atoms with E-state index in [1.54, 1.807) is 10.4 Å². The molecule has 108 valence electrons. The first kappa shape index (κ1) is 15.5. The lowest BCUT2D eigenvalue weighted by molar-refractivity contribution is 0.451. The van der Waals surface area contributed by atoms with Gasteiger partial charge in [0.2, 0.25) is 0 Å². The van der Waals surface area contributed by atoms with E-state index in [1.807, 2.05) is 11.3 Å². The van der Waals surface area contributed by atoms with Gasteiger partial charge < -0.3 is 5.32 Å². The number of fused-ring (bicyclic) bond motifs is 1. The lowest BCUT2D eigenvalue weighted by Gasteiger charge is -2.23. The average Bonchev–Trinajstić information content (AvgIpc) is 2.78. The lowest BCUT2D eigenvalue weighted by atomic mass is 9.94. The summed E-state index contributed by atoms with van der Waals surface area (Å²) >= 11 is 5.55. The van der Waals surface area contributed by atoms with Gasteiger partial charge in [-0.1, -0.05) is 39.0 Å². The number of aryl methyl sites for hydroxylation is 1. The van der Waals surface area contributed by atoms with Crippen molar-refractivity contribution in [2.24, 2.45) is 0 Å². The number of thiophene rings is 1. The minimum absolute atomic E-state index is 0.613. The van der Waals surface area contributed by atoms with Crippen LogP contribution in [0.3, 0.4) is 0 Å².